The fourth-order valence-corrected chi connectivity index (χ4v) is 6.86. The summed E-state index contributed by atoms with van der Waals surface area (Å²) in [6.07, 6.45) is 21.3. The summed E-state index contributed by atoms with van der Waals surface area (Å²) in [6.45, 7) is 9.09. The van der Waals surface area contributed by atoms with E-state index in [1.807, 2.05) is 24.4 Å². The van der Waals surface area contributed by atoms with Gasteiger partial charge in [0.05, 0.1) is 28.9 Å². The third-order valence-electron chi connectivity index (χ3n) is 9.84. The lowest BCUT2D eigenvalue weighted by molar-refractivity contribution is 0.0943. The number of hydrogen-bond acceptors (Lipinski definition) is 5. The lowest BCUT2D eigenvalue weighted by atomic mass is 9.76. The first-order chi connectivity index (χ1) is 20.8. The van der Waals surface area contributed by atoms with Crippen LogP contribution in [0.25, 0.3) is 23.5 Å². The van der Waals surface area contributed by atoms with Crippen molar-refractivity contribution in [1.82, 2.24) is 20.3 Å². The Kier molecular flexibility index (Phi) is 6.73. The van der Waals surface area contributed by atoms with Gasteiger partial charge in [-0.3, -0.25) is 9.78 Å². The molecule has 1 radical (unpaired) electrons. The molecule has 4 aliphatic rings. The Morgan fingerprint density at radius 3 is 2.86 bits per heavy atom. The predicted molar refractivity (Wildman–Crippen MR) is 173 cm³/mol. The van der Waals surface area contributed by atoms with E-state index in [4.69, 9.17) is 16.4 Å². The molecule has 6 heteroatoms. The Morgan fingerprint density at radius 1 is 1.16 bits per heavy atom. The third kappa shape index (κ3) is 5.27. The summed E-state index contributed by atoms with van der Waals surface area (Å²) in [5, 5.41) is 5.23. The minimum absolute atomic E-state index is 0. The number of amides is 1. The molecule has 0 bridgehead atoms. The molecular weight excluding hydrogens is 530 g/mol. The van der Waals surface area contributed by atoms with Crippen LogP contribution in [0, 0.1) is 30.1 Å². The fourth-order valence-electron chi connectivity index (χ4n) is 6.86. The number of hydrogen-bond donors (Lipinski definition) is 1. The second kappa shape index (κ2) is 10.5. The highest BCUT2D eigenvalue weighted by Gasteiger charge is 2.38. The van der Waals surface area contributed by atoms with E-state index >= 15 is 0 Å². The number of pyridine rings is 1. The molecule has 1 aromatic carbocycles. The van der Waals surface area contributed by atoms with Gasteiger partial charge in [-0.15, -0.1) is 6.42 Å². The molecule has 1 N–H and O–H groups in total. The molecule has 3 atom stereocenters. The van der Waals surface area contributed by atoms with Crippen molar-refractivity contribution in [3.05, 3.63) is 87.6 Å². The molecule has 0 spiro atoms. The summed E-state index contributed by atoms with van der Waals surface area (Å²) in [5.41, 5.74) is 6.65. The van der Waals surface area contributed by atoms with Gasteiger partial charge in [0, 0.05) is 38.5 Å². The zero-order chi connectivity index (χ0) is 29.8. The number of nitrogens with one attached hydrogen (secondary N) is 1. The first-order valence-electron chi connectivity index (χ1n) is 15.5. The molecule has 3 heterocycles. The van der Waals surface area contributed by atoms with Crippen molar-refractivity contribution in [3.8, 4) is 23.7 Å². The summed E-state index contributed by atoms with van der Waals surface area (Å²) in [6, 6.07) is 10.2. The van der Waals surface area contributed by atoms with Crippen LogP contribution in [0.3, 0.4) is 0 Å². The van der Waals surface area contributed by atoms with Gasteiger partial charge in [0.1, 0.15) is 11.5 Å². The number of aromatic nitrogens is 3. The Morgan fingerprint density at radius 2 is 2.05 bits per heavy atom. The van der Waals surface area contributed by atoms with E-state index in [1.54, 1.807) is 6.20 Å². The van der Waals surface area contributed by atoms with Crippen LogP contribution in [0.15, 0.2) is 53.9 Å². The highest BCUT2D eigenvalue weighted by molar-refractivity contribution is 5.94. The molecule has 219 valence electrons. The minimum Gasteiger partial charge on any atom is -0.355 e. The van der Waals surface area contributed by atoms with Crippen LogP contribution in [-0.4, -0.2) is 40.5 Å². The molecule has 0 saturated carbocycles. The maximum absolute atomic E-state index is 13.4. The Hall–Kier alpha value is -4.24. The van der Waals surface area contributed by atoms with Gasteiger partial charge in [-0.1, -0.05) is 61.6 Å². The Balaban J connectivity index is 0.00000343. The number of terminal acetylenes is 1. The van der Waals surface area contributed by atoms with Gasteiger partial charge in [-0.05, 0) is 73.1 Å². The molecule has 2 aromatic heterocycles. The second-order valence-corrected chi connectivity index (χ2v) is 13.2. The average Bonchev–Trinajstić information content (AvgIpc) is 3.58. The topological polar surface area (TPSA) is 71.0 Å². The molecule has 1 aliphatic heterocycles. The molecular formula is C37H40N5O. The SMILES string of the molecule is C#C[C@]1(C)CC2=C([CH]2)Cc2ccc(C(=O)NCC3(C)C=c4nc(-c5cncc(N6CC[C@@H](CC)C6)n5)ccc4=CC3)cc21.[HH]. The van der Waals surface area contributed by atoms with Gasteiger partial charge in [-0.25, -0.2) is 9.97 Å². The number of nitrogens with zero attached hydrogens (tertiary/aromatic N) is 4. The summed E-state index contributed by atoms with van der Waals surface area (Å²) in [4.78, 5) is 30.2. The molecule has 1 amide bonds. The molecule has 6 nitrogen and oxygen atoms in total. The normalized spacial score (nSPS) is 25.3. The number of fused-ring (bicyclic) bond motifs is 2. The van der Waals surface area contributed by atoms with E-state index in [0.29, 0.717) is 12.1 Å². The van der Waals surface area contributed by atoms with Crippen LogP contribution in [0.5, 0.6) is 0 Å². The van der Waals surface area contributed by atoms with Gasteiger partial charge in [0.2, 0.25) is 0 Å². The molecule has 1 saturated heterocycles. The molecule has 1 fully saturated rings. The van der Waals surface area contributed by atoms with Crippen molar-refractivity contribution in [2.45, 2.75) is 58.3 Å². The van der Waals surface area contributed by atoms with E-state index in [2.05, 4.69) is 72.6 Å². The number of allylic oxidation sites excluding steroid dienone is 2. The van der Waals surface area contributed by atoms with Gasteiger partial charge < -0.3 is 10.2 Å². The first kappa shape index (κ1) is 27.6. The standard InChI is InChI=1S/C37H38N5O.H2/c1-5-24-12-14-42(22-24)34-21-38-20-33(41-34)31-10-9-25-11-13-36(3,19-32(25)40-31)23-39-35(43)27-8-7-26-15-28-16-29(28)18-37(4,6-2)30(26)17-27;/h2,7-11,16-17,19-21,24H,5,12-15,18,22-23H2,1,3-4H3,(H,39,43);1H/t24-,36?,37-;/m1./s1. The van der Waals surface area contributed by atoms with E-state index < -0.39 is 5.41 Å². The maximum atomic E-state index is 13.4. The van der Waals surface area contributed by atoms with Gasteiger partial charge in [0.15, 0.2) is 0 Å². The number of anilines is 1. The predicted octanol–water partition coefficient (Wildman–Crippen LogP) is 4.77. The van der Waals surface area contributed by atoms with Gasteiger partial charge >= 0.3 is 0 Å². The van der Waals surface area contributed by atoms with Crippen LogP contribution >= 0.6 is 0 Å². The minimum atomic E-state index is -0.406. The molecule has 1 unspecified atom stereocenters. The van der Waals surface area contributed by atoms with Crippen molar-refractivity contribution in [1.29, 1.82) is 0 Å². The van der Waals surface area contributed by atoms with Gasteiger partial charge in [-0.2, -0.15) is 0 Å². The molecule has 7 rings (SSSR count). The quantitative estimate of drug-likeness (QED) is 0.433. The number of benzene rings is 1. The largest absolute Gasteiger partial charge is 0.355 e. The van der Waals surface area contributed by atoms with E-state index in [1.165, 1.54) is 29.6 Å². The lowest BCUT2D eigenvalue weighted by Gasteiger charge is -2.28. The van der Waals surface area contributed by atoms with Gasteiger partial charge in [0.25, 0.3) is 5.91 Å². The Bertz CT molecular complexity index is 1840. The number of carbonyl (C=O) groups excluding carboxylic acids is 1. The monoisotopic (exact) mass is 570 g/mol. The highest BCUT2D eigenvalue weighted by Crippen LogP contribution is 2.47. The number of rotatable bonds is 6. The third-order valence-corrected chi connectivity index (χ3v) is 9.84. The van der Waals surface area contributed by atoms with Crippen molar-refractivity contribution in [2.75, 3.05) is 24.5 Å². The zero-order valence-electron chi connectivity index (χ0n) is 25.3. The summed E-state index contributed by atoms with van der Waals surface area (Å²) in [7, 11) is 0. The molecule has 3 aliphatic carbocycles. The fraction of sp³-hybridized carbons (Fsp3) is 0.378. The average molecular weight is 571 g/mol. The van der Waals surface area contributed by atoms with Crippen LogP contribution < -0.4 is 20.8 Å². The summed E-state index contributed by atoms with van der Waals surface area (Å²) < 4.78 is 0. The van der Waals surface area contributed by atoms with Crippen molar-refractivity contribution >= 4 is 23.9 Å². The summed E-state index contributed by atoms with van der Waals surface area (Å²) in [5.74, 6) is 4.59. The van der Waals surface area contributed by atoms with E-state index in [0.717, 1.165) is 71.6 Å². The van der Waals surface area contributed by atoms with E-state index in [-0.39, 0.29) is 12.7 Å². The molecule has 43 heavy (non-hydrogen) atoms. The van der Waals surface area contributed by atoms with Crippen molar-refractivity contribution in [2.24, 2.45) is 11.3 Å². The van der Waals surface area contributed by atoms with Crippen LogP contribution in [0.4, 0.5) is 5.82 Å². The van der Waals surface area contributed by atoms with Crippen molar-refractivity contribution in [3.63, 3.8) is 0 Å². The van der Waals surface area contributed by atoms with Crippen LogP contribution in [-0.2, 0) is 11.8 Å². The Labute approximate surface area is 255 Å². The smallest absolute Gasteiger partial charge is 0.251 e. The van der Waals surface area contributed by atoms with E-state index in [9.17, 15) is 4.79 Å². The lowest BCUT2D eigenvalue weighted by Crippen LogP contribution is -2.41. The van der Waals surface area contributed by atoms with Crippen LogP contribution in [0.2, 0.25) is 0 Å². The summed E-state index contributed by atoms with van der Waals surface area (Å²) >= 11 is 0. The molecule has 3 aromatic rings. The number of carbonyl (C=O) groups is 1. The second-order valence-electron chi connectivity index (χ2n) is 13.2. The maximum Gasteiger partial charge on any atom is 0.251 e. The van der Waals surface area contributed by atoms with Crippen molar-refractivity contribution < 1.29 is 6.22 Å². The first-order valence-corrected chi connectivity index (χ1v) is 15.5. The highest BCUT2D eigenvalue weighted by atomic mass is 16.1. The van der Waals surface area contributed by atoms with Crippen LogP contribution in [0.1, 0.15) is 69.4 Å². The zero-order valence-corrected chi connectivity index (χ0v) is 25.3.